The van der Waals surface area contributed by atoms with Crippen molar-refractivity contribution in [3.05, 3.63) is 17.7 Å². The van der Waals surface area contributed by atoms with E-state index < -0.39 is 0 Å². The first-order valence-electron chi connectivity index (χ1n) is 3.01. The van der Waals surface area contributed by atoms with E-state index in [9.17, 15) is 0 Å². The van der Waals surface area contributed by atoms with E-state index in [-0.39, 0.29) is 0 Å². The molecule has 0 radical (unpaired) electrons. The maximum atomic E-state index is 3.97. The predicted molar refractivity (Wildman–Crippen MR) is 39.6 cm³/mol. The molecule has 0 unspecified atom stereocenters. The first kappa shape index (κ1) is 6.41. The second-order valence-electron chi connectivity index (χ2n) is 1.94. The standard InChI is InChI=1S/C5H5N5S/c1-4-6-2-8-10(4)5-9-7-3-11-5/h2-3H,1H3. The Morgan fingerprint density at radius 3 is 3.00 bits per heavy atom. The molecule has 2 aromatic rings. The van der Waals surface area contributed by atoms with Gasteiger partial charge in [0.15, 0.2) is 0 Å². The van der Waals surface area contributed by atoms with Crippen molar-refractivity contribution in [2.75, 3.05) is 0 Å². The summed E-state index contributed by atoms with van der Waals surface area (Å²) in [5, 5.41) is 12.3. The van der Waals surface area contributed by atoms with Crippen LogP contribution in [-0.4, -0.2) is 25.0 Å². The first-order valence-corrected chi connectivity index (χ1v) is 3.89. The molecule has 0 atom stereocenters. The Morgan fingerprint density at radius 1 is 1.55 bits per heavy atom. The van der Waals surface area contributed by atoms with Gasteiger partial charge >= 0.3 is 0 Å². The highest BCUT2D eigenvalue weighted by molar-refractivity contribution is 7.11. The van der Waals surface area contributed by atoms with E-state index in [2.05, 4.69) is 20.3 Å². The molecule has 0 saturated carbocycles. The number of hydrogen-bond acceptors (Lipinski definition) is 5. The summed E-state index contributed by atoms with van der Waals surface area (Å²) >= 11 is 1.43. The van der Waals surface area contributed by atoms with Gasteiger partial charge in [0.25, 0.3) is 0 Å². The van der Waals surface area contributed by atoms with Crippen LogP contribution in [0, 0.1) is 6.92 Å². The fourth-order valence-corrected chi connectivity index (χ4v) is 1.31. The summed E-state index contributed by atoms with van der Waals surface area (Å²) in [5.41, 5.74) is 1.66. The summed E-state index contributed by atoms with van der Waals surface area (Å²) in [7, 11) is 0. The van der Waals surface area contributed by atoms with Crippen molar-refractivity contribution in [3.8, 4) is 5.13 Å². The van der Waals surface area contributed by atoms with Crippen molar-refractivity contribution in [1.82, 2.24) is 25.0 Å². The molecule has 6 heteroatoms. The lowest BCUT2D eigenvalue weighted by molar-refractivity contribution is 0.813. The van der Waals surface area contributed by atoms with Gasteiger partial charge < -0.3 is 0 Å². The van der Waals surface area contributed by atoms with E-state index in [1.54, 1.807) is 10.2 Å². The van der Waals surface area contributed by atoms with Crippen molar-refractivity contribution in [1.29, 1.82) is 0 Å². The van der Waals surface area contributed by atoms with Crippen LogP contribution in [0.1, 0.15) is 5.82 Å². The predicted octanol–water partition coefficient (Wildman–Crippen LogP) is 0.427. The van der Waals surface area contributed by atoms with Crippen LogP contribution < -0.4 is 0 Å². The maximum absolute atomic E-state index is 3.97. The van der Waals surface area contributed by atoms with Gasteiger partial charge in [0.05, 0.1) is 0 Å². The molecule has 0 spiro atoms. The molecule has 0 saturated heterocycles. The van der Waals surface area contributed by atoms with Crippen LogP contribution in [0.25, 0.3) is 5.13 Å². The summed E-state index contributed by atoms with van der Waals surface area (Å²) in [6.45, 7) is 1.87. The lowest BCUT2D eigenvalue weighted by Gasteiger charge is -1.92. The highest BCUT2D eigenvalue weighted by Crippen LogP contribution is 2.07. The van der Waals surface area contributed by atoms with Crippen LogP contribution in [-0.2, 0) is 0 Å². The Hall–Kier alpha value is -1.30. The van der Waals surface area contributed by atoms with Gasteiger partial charge in [0, 0.05) is 0 Å². The minimum atomic E-state index is 0.750. The SMILES string of the molecule is Cc1ncnn1-c1nncs1. The zero-order valence-electron chi connectivity index (χ0n) is 5.80. The Kier molecular flexibility index (Phi) is 1.39. The van der Waals surface area contributed by atoms with Crippen molar-refractivity contribution >= 4 is 11.3 Å². The third-order valence-corrected chi connectivity index (χ3v) is 1.91. The lowest BCUT2D eigenvalue weighted by Crippen LogP contribution is -1.97. The van der Waals surface area contributed by atoms with E-state index >= 15 is 0 Å². The van der Waals surface area contributed by atoms with E-state index in [0.717, 1.165) is 11.0 Å². The lowest BCUT2D eigenvalue weighted by atomic mass is 10.7. The fourth-order valence-electron chi connectivity index (χ4n) is 0.747. The maximum Gasteiger partial charge on any atom is 0.234 e. The average molecular weight is 167 g/mol. The topological polar surface area (TPSA) is 56.5 Å². The molecule has 5 nitrogen and oxygen atoms in total. The molecule has 0 aliphatic heterocycles. The van der Waals surface area contributed by atoms with E-state index in [0.29, 0.717) is 0 Å². The number of nitrogens with zero attached hydrogens (tertiary/aromatic N) is 5. The fraction of sp³-hybridized carbons (Fsp3) is 0.200. The van der Waals surface area contributed by atoms with Gasteiger partial charge in [0.1, 0.15) is 17.7 Å². The van der Waals surface area contributed by atoms with Crippen molar-refractivity contribution in [2.24, 2.45) is 0 Å². The molecular weight excluding hydrogens is 162 g/mol. The van der Waals surface area contributed by atoms with Crippen LogP contribution in [0.3, 0.4) is 0 Å². The molecule has 0 aliphatic carbocycles. The molecule has 2 heterocycles. The summed E-state index contributed by atoms with van der Waals surface area (Å²) < 4.78 is 1.65. The van der Waals surface area contributed by atoms with Gasteiger partial charge in [-0.05, 0) is 6.92 Å². The van der Waals surface area contributed by atoms with Crippen LogP contribution in [0.15, 0.2) is 11.8 Å². The first-order chi connectivity index (χ1) is 5.38. The monoisotopic (exact) mass is 167 g/mol. The molecule has 0 amide bonds. The van der Waals surface area contributed by atoms with Crippen LogP contribution in [0.5, 0.6) is 0 Å². The average Bonchev–Trinajstić information content (AvgIpc) is 2.55. The summed E-state index contributed by atoms with van der Waals surface area (Å²) in [6, 6.07) is 0. The molecule has 2 rings (SSSR count). The molecule has 0 bridgehead atoms. The van der Waals surface area contributed by atoms with Gasteiger partial charge in [-0.15, -0.1) is 10.2 Å². The summed E-state index contributed by atoms with van der Waals surface area (Å²) in [4.78, 5) is 3.96. The van der Waals surface area contributed by atoms with Gasteiger partial charge in [-0.2, -0.15) is 9.78 Å². The second-order valence-corrected chi connectivity index (χ2v) is 2.75. The van der Waals surface area contributed by atoms with Crippen molar-refractivity contribution in [3.63, 3.8) is 0 Å². The summed E-state index contributed by atoms with van der Waals surface area (Å²) in [6.07, 6.45) is 1.50. The number of aryl methyl sites for hydroxylation is 1. The molecule has 0 N–H and O–H groups in total. The van der Waals surface area contributed by atoms with Gasteiger partial charge in [0.2, 0.25) is 5.13 Å². The largest absolute Gasteiger partial charge is 0.234 e. The van der Waals surface area contributed by atoms with Crippen molar-refractivity contribution < 1.29 is 0 Å². The van der Waals surface area contributed by atoms with Crippen molar-refractivity contribution in [2.45, 2.75) is 6.92 Å². The Balaban J connectivity index is 2.53. The zero-order valence-corrected chi connectivity index (χ0v) is 6.62. The van der Waals surface area contributed by atoms with E-state index in [1.165, 1.54) is 17.7 Å². The molecule has 0 aliphatic rings. The third-order valence-electron chi connectivity index (χ3n) is 1.25. The quantitative estimate of drug-likeness (QED) is 0.618. The van der Waals surface area contributed by atoms with Crippen LogP contribution in [0.4, 0.5) is 0 Å². The smallest absolute Gasteiger partial charge is 0.220 e. The molecule has 0 fully saturated rings. The zero-order chi connectivity index (χ0) is 7.68. The number of rotatable bonds is 1. The minimum absolute atomic E-state index is 0.750. The Labute approximate surface area is 66.7 Å². The van der Waals surface area contributed by atoms with E-state index in [4.69, 9.17) is 0 Å². The number of aromatic nitrogens is 5. The normalized spacial score (nSPS) is 10.3. The molecule has 2 aromatic heterocycles. The highest BCUT2D eigenvalue weighted by atomic mass is 32.1. The van der Waals surface area contributed by atoms with Gasteiger partial charge in [-0.1, -0.05) is 11.3 Å². The highest BCUT2D eigenvalue weighted by Gasteiger charge is 2.03. The summed E-state index contributed by atoms with van der Waals surface area (Å²) in [5.74, 6) is 0.821. The second kappa shape index (κ2) is 2.39. The molecular formula is C5H5N5S. The number of hydrogen-bond donors (Lipinski definition) is 0. The van der Waals surface area contributed by atoms with Crippen LogP contribution in [0.2, 0.25) is 0 Å². The van der Waals surface area contributed by atoms with Gasteiger partial charge in [-0.25, -0.2) is 4.98 Å². The van der Waals surface area contributed by atoms with E-state index in [1.807, 2.05) is 6.92 Å². The van der Waals surface area contributed by atoms with Crippen LogP contribution >= 0.6 is 11.3 Å². The molecule has 11 heavy (non-hydrogen) atoms. The van der Waals surface area contributed by atoms with Gasteiger partial charge in [-0.3, -0.25) is 0 Å². The third kappa shape index (κ3) is 1.01. The Bertz CT molecular complexity index is 337. The molecule has 56 valence electrons. The Morgan fingerprint density at radius 2 is 2.45 bits per heavy atom. The molecule has 0 aromatic carbocycles. The minimum Gasteiger partial charge on any atom is -0.220 e.